The summed E-state index contributed by atoms with van der Waals surface area (Å²) in [6, 6.07) is 13.1. The van der Waals surface area contributed by atoms with Crippen molar-refractivity contribution in [2.75, 3.05) is 12.4 Å². The Bertz CT molecular complexity index is 783. The summed E-state index contributed by atoms with van der Waals surface area (Å²) in [4.78, 5) is 35.3. The Labute approximate surface area is 145 Å². The Hall–Kier alpha value is -3.15. The number of anilines is 1. The Morgan fingerprint density at radius 2 is 1.64 bits per heavy atom. The molecule has 6 nitrogen and oxygen atoms in total. The summed E-state index contributed by atoms with van der Waals surface area (Å²) in [6.45, 7) is 3.07. The number of nitrogens with one attached hydrogen (secondary N) is 1. The molecule has 130 valence electrons. The highest BCUT2D eigenvalue weighted by molar-refractivity contribution is 6.02. The number of Topliss-reactive ketones (excluding diaryl/α,β-unsaturated/α-hetero) is 1. The first-order chi connectivity index (χ1) is 11.9. The van der Waals surface area contributed by atoms with Gasteiger partial charge in [0.2, 0.25) is 0 Å². The van der Waals surface area contributed by atoms with Crippen LogP contribution >= 0.6 is 0 Å². The zero-order valence-electron chi connectivity index (χ0n) is 14.2. The molecule has 0 heterocycles. The van der Waals surface area contributed by atoms with Crippen molar-refractivity contribution >= 4 is 23.3 Å². The van der Waals surface area contributed by atoms with E-state index in [0.29, 0.717) is 17.0 Å². The molecule has 1 atom stereocenters. The SMILES string of the molecule is COC(=O)c1ccccc1NC(=O)[C@H](C)Oc1ccc(C(C)=O)cc1. The number of ketones is 1. The third kappa shape index (κ3) is 4.67. The first-order valence-electron chi connectivity index (χ1n) is 7.68. The fourth-order valence-corrected chi connectivity index (χ4v) is 2.14. The minimum Gasteiger partial charge on any atom is -0.481 e. The van der Waals surface area contributed by atoms with Crippen molar-refractivity contribution in [3.05, 3.63) is 59.7 Å². The summed E-state index contributed by atoms with van der Waals surface area (Å²) in [5.74, 6) is -0.526. The second-order valence-corrected chi connectivity index (χ2v) is 5.37. The van der Waals surface area contributed by atoms with Gasteiger partial charge in [0.25, 0.3) is 5.91 Å². The standard InChI is InChI=1S/C19H19NO5/c1-12(21)14-8-10-15(11-9-14)25-13(2)18(22)20-17-7-5-4-6-16(17)19(23)24-3/h4-11,13H,1-3H3,(H,20,22)/t13-/m0/s1. The summed E-state index contributed by atoms with van der Waals surface area (Å²) >= 11 is 0. The molecule has 0 aliphatic rings. The lowest BCUT2D eigenvalue weighted by molar-refractivity contribution is -0.122. The van der Waals surface area contributed by atoms with Crippen molar-refractivity contribution in [3.8, 4) is 5.75 Å². The number of rotatable bonds is 6. The van der Waals surface area contributed by atoms with E-state index in [4.69, 9.17) is 9.47 Å². The first-order valence-corrected chi connectivity index (χ1v) is 7.68. The van der Waals surface area contributed by atoms with Gasteiger partial charge in [0.1, 0.15) is 5.75 Å². The first kappa shape index (κ1) is 18.2. The van der Waals surface area contributed by atoms with Crippen molar-refractivity contribution in [2.45, 2.75) is 20.0 Å². The minimum atomic E-state index is -0.797. The fourth-order valence-electron chi connectivity index (χ4n) is 2.14. The zero-order valence-corrected chi connectivity index (χ0v) is 14.2. The van der Waals surface area contributed by atoms with E-state index in [1.807, 2.05) is 0 Å². The van der Waals surface area contributed by atoms with Gasteiger partial charge in [-0.2, -0.15) is 0 Å². The molecular weight excluding hydrogens is 322 g/mol. The number of para-hydroxylation sites is 1. The van der Waals surface area contributed by atoms with Gasteiger partial charge in [0.05, 0.1) is 18.4 Å². The van der Waals surface area contributed by atoms with E-state index in [-0.39, 0.29) is 11.3 Å². The van der Waals surface area contributed by atoms with Gasteiger partial charge in [-0.15, -0.1) is 0 Å². The van der Waals surface area contributed by atoms with Crippen LogP contribution in [0.5, 0.6) is 5.75 Å². The van der Waals surface area contributed by atoms with E-state index in [9.17, 15) is 14.4 Å². The predicted octanol–water partition coefficient (Wildman–Crippen LogP) is 3.08. The Kier molecular flexibility index (Phi) is 5.89. The molecule has 2 aromatic carbocycles. The zero-order chi connectivity index (χ0) is 18.4. The van der Waals surface area contributed by atoms with E-state index in [2.05, 4.69) is 5.32 Å². The van der Waals surface area contributed by atoms with E-state index in [0.717, 1.165) is 0 Å². The molecule has 1 amide bonds. The summed E-state index contributed by atoms with van der Waals surface area (Å²) in [7, 11) is 1.28. The van der Waals surface area contributed by atoms with Crippen LogP contribution in [0.1, 0.15) is 34.6 Å². The monoisotopic (exact) mass is 341 g/mol. The molecule has 0 aromatic heterocycles. The maximum atomic E-state index is 12.3. The number of benzene rings is 2. The van der Waals surface area contributed by atoms with Gasteiger partial charge in [0.15, 0.2) is 11.9 Å². The highest BCUT2D eigenvalue weighted by atomic mass is 16.5. The summed E-state index contributed by atoms with van der Waals surface area (Å²) in [6.07, 6.45) is -0.797. The van der Waals surface area contributed by atoms with Crippen LogP contribution in [0.25, 0.3) is 0 Å². The van der Waals surface area contributed by atoms with E-state index < -0.39 is 18.0 Å². The number of methoxy groups -OCH3 is 1. The molecule has 2 rings (SSSR count). The molecule has 0 bridgehead atoms. The Morgan fingerprint density at radius 1 is 1.00 bits per heavy atom. The van der Waals surface area contributed by atoms with Gasteiger partial charge in [0, 0.05) is 5.56 Å². The van der Waals surface area contributed by atoms with Gasteiger partial charge in [-0.3, -0.25) is 9.59 Å². The highest BCUT2D eigenvalue weighted by Gasteiger charge is 2.18. The summed E-state index contributed by atoms with van der Waals surface area (Å²) in [5.41, 5.74) is 1.18. The molecule has 0 fully saturated rings. The quantitative estimate of drug-likeness (QED) is 0.645. The van der Waals surface area contributed by atoms with Crippen LogP contribution in [0.2, 0.25) is 0 Å². The number of hydrogen-bond acceptors (Lipinski definition) is 5. The number of hydrogen-bond donors (Lipinski definition) is 1. The van der Waals surface area contributed by atoms with Crippen molar-refractivity contribution in [3.63, 3.8) is 0 Å². The number of ether oxygens (including phenoxy) is 2. The normalized spacial score (nSPS) is 11.3. The van der Waals surface area contributed by atoms with Crippen LogP contribution in [0.4, 0.5) is 5.69 Å². The average Bonchev–Trinajstić information content (AvgIpc) is 2.61. The predicted molar refractivity (Wildman–Crippen MR) is 92.9 cm³/mol. The lowest BCUT2D eigenvalue weighted by Crippen LogP contribution is -2.30. The molecule has 0 radical (unpaired) electrons. The second-order valence-electron chi connectivity index (χ2n) is 5.37. The molecule has 2 aromatic rings. The van der Waals surface area contributed by atoms with E-state index in [1.165, 1.54) is 14.0 Å². The van der Waals surface area contributed by atoms with Gasteiger partial charge in [-0.05, 0) is 50.2 Å². The number of carbonyl (C=O) groups excluding carboxylic acids is 3. The van der Waals surface area contributed by atoms with Crippen molar-refractivity contribution in [1.29, 1.82) is 0 Å². The van der Waals surface area contributed by atoms with Crippen LogP contribution in [0.15, 0.2) is 48.5 Å². The van der Waals surface area contributed by atoms with E-state index in [1.54, 1.807) is 55.5 Å². The number of esters is 1. The van der Waals surface area contributed by atoms with Crippen molar-refractivity contribution < 1.29 is 23.9 Å². The van der Waals surface area contributed by atoms with Gasteiger partial charge >= 0.3 is 5.97 Å². The molecular formula is C19H19NO5. The minimum absolute atomic E-state index is 0.0447. The van der Waals surface area contributed by atoms with Crippen molar-refractivity contribution in [1.82, 2.24) is 0 Å². The molecule has 0 saturated heterocycles. The van der Waals surface area contributed by atoms with Crippen LogP contribution < -0.4 is 10.1 Å². The molecule has 0 unspecified atom stereocenters. The molecule has 25 heavy (non-hydrogen) atoms. The molecule has 0 aliphatic carbocycles. The number of carbonyl (C=O) groups is 3. The highest BCUT2D eigenvalue weighted by Crippen LogP contribution is 2.18. The number of amides is 1. The van der Waals surface area contributed by atoms with Crippen LogP contribution in [0, 0.1) is 0 Å². The Morgan fingerprint density at radius 3 is 2.24 bits per heavy atom. The maximum Gasteiger partial charge on any atom is 0.339 e. The average molecular weight is 341 g/mol. The van der Waals surface area contributed by atoms with Crippen LogP contribution in [-0.2, 0) is 9.53 Å². The molecule has 6 heteroatoms. The van der Waals surface area contributed by atoms with Gasteiger partial charge in [-0.25, -0.2) is 4.79 Å². The lowest BCUT2D eigenvalue weighted by Gasteiger charge is -2.16. The third-order valence-corrected chi connectivity index (χ3v) is 3.53. The molecule has 1 N–H and O–H groups in total. The summed E-state index contributed by atoms with van der Waals surface area (Å²) < 4.78 is 10.3. The maximum absolute atomic E-state index is 12.3. The van der Waals surface area contributed by atoms with Gasteiger partial charge < -0.3 is 14.8 Å². The smallest absolute Gasteiger partial charge is 0.339 e. The van der Waals surface area contributed by atoms with Crippen LogP contribution in [-0.4, -0.2) is 30.9 Å². The van der Waals surface area contributed by atoms with Crippen LogP contribution in [0.3, 0.4) is 0 Å². The molecule has 0 aliphatic heterocycles. The topological polar surface area (TPSA) is 81.7 Å². The Balaban J connectivity index is 2.06. The summed E-state index contributed by atoms with van der Waals surface area (Å²) in [5, 5.41) is 2.66. The van der Waals surface area contributed by atoms with Gasteiger partial charge in [-0.1, -0.05) is 12.1 Å². The third-order valence-electron chi connectivity index (χ3n) is 3.53. The second kappa shape index (κ2) is 8.10. The van der Waals surface area contributed by atoms with E-state index >= 15 is 0 Å². The van der Waals surface area contributed by atoms with Crippen molar-refractivity contribution in [2.24, 2.45) is 0 Å². The lowest BCUT2D eigenvalue weighted by atomic mass is 10.1. The molecule has 0 spiro atoms. The largest absolute Gasteiger partial charge is 0.481 e. The molecule has 0 saturated carbocycles. The fraction of sp³-hybridized carbons (Fsp3) is 0.211.